The lowest BCUT2D eigenvalue weighted by molar-refractivity contribution is -0.116. The summed E-state index contributed by atoms with van der Waals surface area (Å²) in [6, 6.07) is 1.94. The second-order valence-corrected chi connectivity index (χ2v) is 5.66. The number of allylic oxidation sites excluding steroid dienone is 1. The van der Waals surface area contributed by atoms with Gasteiger partial charge in [0.15, 0.2) is 0 Å². The van der Waals surface area contributed by atoms with Crippen molar-refractivity contribution in [2.24, 2.45) is 5.10 Å². The Morgan fingerprint density at radius 1 is 1.30 bits per heavy atom. The number of H-pyrrole nitrogens is 1. The highest BCUT2D eigenvalue weighted by Gasteiger charge is 2.25. The van der Waals surface area contributed by atoms with Gasteiger partial charge in [0.05, 0.1) is 11.8 Å². The molecular formula is C16H12ClN5O. The maximum Gasteiger partial charge on any atom is 0.273 e. The van der Waals surface area contributed by atoms with Crippen LogP contribution in [0.15, 0.2) is 41.4 Å². The van der Waals surface area contributed by atoms with Crippen molar-refractivity contribution in [2.45, 2.75) is 12.8 Å². The number of carbonyl (C=O) groups excluding carboxylic acids is 1. The van der Waals surface area contributed by atoms with Crippen molar-refractivity contribution < 1.29 is 4.79 Å². The summed E-state index contributed by atoms with van der Waals surface area (Å²) in [5, 5.41) is 4.80. The quantitative estimate of drug-likeness (QED) is 0.831. The lowest BCUT2D eigenvalue weighted by Gasteiger charge is -2.06. The molecule has 0 saturated carbocycles. The zero-order valence-electron chi connectivity index (χ0n) is 12.0. The summed E-state index contributed by atoms with van der Waals surface area (Å²) in [4.78, 5) is 23.6. The van der Waals surface area contributed by atoms with Crippen LogP contribution in [0.1, 0.15) is 29.1 Å². The molecule has 0 spiro atoms. The predicted octanol–water partition coefficient (Wildman–Crippen LogP) is 2.25. The van der Waals surface area contributed by atoms with Crippen molar-refractivity contribution in [3.63, 3.8) is 0 Å². The zero-order valence-corrected chi connectivity index (χ0v) is 12.8. The lowest BCUT2D eigenvalue weighted by atomic mass is 10.0. The second kappa shape index (κ2) is 5.48. The average Bonchev–Trinajstić information content (AvgIpc) is 3.14. The Morgan fingerprint density at radius 2 is 2.22 bits per heavy atom. The SMILES string of the molecule is O=C1NN=C(c2cnccn2)/C1=C\c1cc2c([nH]1)CCC=C2Cl. The molecule has 23 heavy (non-hydrogen) atoms. The molecule has 1 amide bonds. The number of nitrogens with one attached hydrogen (secondary N) is 2. The van der Waals surface area contributed by atoms with E-state index in [2.05, 4.69) is 25.5 Å². The number of aromatic amines is 1. The van der Waals surface area contributed by atoms with Gasteiger partial charge in [-0.05, 0) is 25.0 Å². The second-order valence-electron chi connectivity index (χ2n) is 5.26. The minimum atomic E-state index is -0.264. The molecule has 2 N–H and O–H groups in total. The molecule has 2 aliphatic rings. The van der Waals surface area contributed by atoms with E-state index >= 15 is 0 Å². The molecule has 7 heteroatoms. The number of hydrazone groups is 1. The summed E-state index contributed by atoms with van der Waals surface area (Å²) in [6.07, 6.45) is 10.3. The molecule has 0 atom stereocenters. The lowest BCUT2D eigenvalue weighted by Crippen LogP contribution is -2.14. The number of amides is 1. The van der Waals surface area contributed by atoms with Gasteiger partial charge in [0.2, 0.25) is 0 Å². The van der Waals surface area contributed by atoms with Gasteiger partial charge >= 0.3 is 0 Å². The van der Waals surface area contributed by atoms with Gasteiger partial charge in [-0.2, -0.15) is 5.10 Å². The highest BCUT2D eigenvalue weighted by molar-refractivity contribution is 6.49. The van der Waals surface area contributed by atoms with Crippen LogP contribution in [0.2, 0.25) is 0 Å². The standard InChI is InChI=1S/C16H12ClN5O/c17-12-2-1-3-13-10(12)6-9(20-13)7-11-15(21-22-16(11)23)14-8-18-4-5-19-14/h2,4-8,20H,1,3H2,(H,22,23)/b11-7+. The zero-order chi connectivity index (χ0) is 15.8. The molecular weight excluding hydrogens is 314 g/mol. The number of aromatic nitrogens is 3. The summed E-state index contributed by atoms with van der Waals surface area (Å²) >= 11 is 6.23. The smallest absolute Gasteiger partial charge is 0.273 e. The third-order valence-electron chi connectivity index (χ3n) is 3.77. The molecule has 6 nitrogen and oxygen atoms in total. The van der Waals surface area contributed by atoms with Gasteiger partial charge in [-0.25, -0.2) is 5.43 Å². The molecule has 0 unspecified atom stereocenters. The Hall–Kier alpha value is -2.73. The number of halogens is 1. The van der Waals surface area contributed by atoms with E-state index in [0.717, 1.165) is 34.8 Å². The number of hydrogen-bond acceptors (Lipinski definition) is 4. The number of rotatable bonds is 2. The molecule has 1 aliphatic heterocycles. The monoisotopic (exact) mass is 325 g/mol. The van der Waals surface area contributed by atoms with Crippen LogP contribution >= 0.6 is 11.6 Å². The molecule has 3 heterocycles. The number of fused-ring (bicyclic) bond motifs is 1. The molecule has 1 aliphatic carbocycles. The molecule has 0 radical (unpaired) electrons. The first-order valence-electron chi connectivity index (χ1n) is 7.17. The Balaban J connectivity index is 1.74. The van der Waals surface area contributed by atoms with Crippen LogP contribution in [0.5, 0.6) is 0 Å². The summed E-state index contributed by atoms with van der Waals surface area (Å²) < 4.78 is 0. The predicted molar refractivity (Wildman–Crippen MR) is 87.6 cm³/mol. The van der Waals surface area contributed by atoms with Crippen LogP contribution in [0.25, 0.3) is 11.1 Å². The number of carbonyl (C=O) groups is 1. The van der Waals surface area contributed by atoms with E-state index in [9.17, 15) is 4.79 Å². The van der Waals surface area contributed by atoms with Gasteiger partial charge in [0, 0.05) is 34.4 Å². The number of aryl methyl sites for hydroxylation is 1. The van der Waals surface area contributed by atoms with Crippen LogP contribution in [0.3, 0.4) is 0 Å². The van der Waals surface area contributed by atoms with Crippen LogP contribution in [-0.2, 0) is 11.2 Å². The third-order valence-corrected chi connectivity index (χ3v) is 4.13. The van der Waals surface area contributed by atoms with Gasteiger partial charge in [-0.3, -0.25) is 14.8 Å². The highest BCUT2D eigenvalue weighted by atomic mass is 35.5. The fourth-order valence-electron chi connectivity index (χ4n) is 2.70. The topological polar surface area (TPSA) is 83.0 Å². The molecule has 0 fully saturated rings. The summed E-state index contributed by atoms with van der Waals surface area (Å²) in [7, 11) is 0. The maximum absolute atomic E-state index is 12.1. The molecule has 0 saturated heterocycles. The minimum Gasteiger partial charge on any atom is -0.358 e. The summed E-state index contributed by atoms with van der Waals surface area (Å²) in [5.41, 5.74) is 6.83. The maximum atomic E-state index is 12.1. The van der Waals surface area contributed by atoms with Gasteiger partial charge < -0.3 is 4.98 Å². The van der Waals surface area contributed by atoms with E-state index in [0.29, 0.717) is 17.0 Å². The highest BCUT2D eigenvalue weighted by Crippen LogP contribution is 2.30. The molecule has 4 rings (SSSR count). The third kappa shape index (κ3) is 2.47. The van der Waals surface area contributed by atoms with E-state index in [4.69, 9.17) is 11.6 Å². The van der Waals surface area contributed by atoms with Gasteiger partial charge in [0.25, 0.3) is 5.91 Å². The molecule has 114 valence electrons. The first-order valence-corrected chi connectivity index (χ1v) is 7.54. The number of nitrogens with zero attached hydrogens (tertiary/aromatic N) is 3. The van der Waals surface area contributed by atoms with E-state index < -0.39 is 0 Å². The average molecular weight is 326 g/mol. The Kier molecular flexibility index (Phi) is 3.31. The van der Waals surface area contributed by atoms with Gasteiger partial charge in [-0.15, -0.1) is 0 Å². The van der Waals surface area contributed by atoms with Crippen LogP contribution in [0, 0.1) is 0 Å². The Morgan fingerprint density at radius 3 is 3.00 bits per heavy atom. The molecule has 0 aromatic carbocycles. The largest absolute Gasteiger partial charge is 0.358 e. The fraction of sp³-hybridized carbons (Fsp3) is 0.125. The van der Waals surface area contributed by atoms with E-state index in [1.807, 2.05) is 12.1 Å². The van der Waals surface area contributed by atoms with Crippen LogP contribution in [-0.4, -0.2) is 26.6 Å². The van der Waals surface area contributed by atoms with E-state index in [1.165, 1.54) is 0 Å². The Labute approximate surface area is 137 Å². The molecule has 2 aromatic heterocycles. The van der Waals surface area contributed by atoms with Crippen molar-refractivity contribution in [1.29, 1.82) is 0 Å². The fourth-order valence-corrected chi connectivity index (χ4v) is 2.98. The Bertz CT molecular complexity index is 879. The normalized spacial score (nSPS) is 18.5. The van der Waals surface area contributed by atoms with Gasteiger partial charge in [-0.1, -0.05) is 17.7 Å². The summed E-state index contributed by atoms with van der Waals surface area (Å²) in [6.45, 7) is 0. The molecule has 2 aromatic rings. The van der Waals surface area contributed by atoms with E-state index in [-0.39, 0.29) is 5.91 Å². The van der Waals surface area contributed by atoms with Crippen molar-refractivity contribution in [1.82, 2.24) is 20.4 Å². The van der Waals surface area contributed by atoms with Crippen LogP contribution in [0.4, 0.5) is 0 Å². The van der Waals surface area contributed by atoms with Crippen molar-refractivity contribution in [2.75, 3.05) is 0 Å². The van der Waals surface area contributed by atoms with Crippen molar-refractivity contribution in [3.8, 4) is 0 Å². The first-order chi connectivity index (χ1) is 11.2. The van der Waals surface area contributed by atoms with E-state index in [1.54, 1.807) is 24.7 Å². The molecule has 0 bridgehead atoms. The first kappa shape index (κ1) is 13.9. The minimum absolute atomic E-state index is 0.264. The van der Waals surface area contributed by atoms with Gasteiger partial charge in [0.1, 0.15) is 11.4 Å². The van der Waals surface area contributed by atoms with Crippen molar-refractivity contribution >= 4 is 34.3 Å². The van der Waals surface area contributed by atoms with Crippen LogP contribution < -0.4 is 5.43 Å². The number of hydrogen-bond donors (Lipinski definition) is 2. The summed E-state index contributed by atoms with van der Waals surface area (Å²) in [5.74, 6) is -0.264. The van der Waals surface area contributed by atoms with Crippen molar-refractivity contribution in [3.05, 3.63) is 59.0 Å².